The van der Waals surface area contributed by atoms with Crippen molar-refractivity contribution in [3.8, 4) is 0 Å². The van der Waals surface area contributed by atoms with Gasteiger partial charge in [-0.3, -0.25) is 4.79 Å². The summed E-state index contributed by atoms with van der Waals surface area (Å²) in [7, 11) is 0. The Morgan fingerprint density at radius 2 is 2.32 bits per heavy atom. The lowest BCUT2D eigenvalue weighted by Crippen LogP contribution is -2.36. The SMILES string of the molecule is C[C@@H](C(=O)N1CCSC1c1cc(F)cc(Cl)c1)n1cnnn1. The van der Waals surface area contributed by atoms with Crippen molar-refractivity contribution in [2.24, 2.45) is 0 Å². The average molecular weight is 342 g/mol. The number of carbonyl (C=O) groups excluding carboxylic acids is 1. The van der Waals surface area contributed by atoms with E-state index in [1.54, 1.807) is 29.7 Å². The molecule has 6 nitrogen and oxygen atoms in total. The molecule has 1 unspecified atom stereocenters. The zero-order valence-corrected chi connectivity index (χ0v) is 13.3. The largest absolute Gasteiger partial charge is 0.324 e. The summed E-state index contributed by atoms with van der Waals surface area (Å²) < 4.78 is 15.0. The third-order valence-electron chi connectivity index (χ3n) is 3.46. The number of rotatable bonds is 3. The monoisotopic (exact) mass is 341 g/mol. The van der Waals surface area contributed by atoms with E-state index < -0.39 is 11.9 Å². The summed E-state index contributed by atoms with van der Waals surface area (Å²) in [5.41, 5.74) is 0.685. The second kappa shape index (κ2) is 6.21. The number of halogens is 2. The maximum Gasteiger partial charge on any atom is 0.248 e. The number of hydrogen-bond donors (Lipinski definition) is 0. The maximum absolute atomic E-state index is 13.6. The number of amides is 1. The number of carbonyl (C=O) groups is 1. The van der Waals surface area contributed by atoms with Crippen LogP contribution in [0.15, 0.2) is 24.5 Å². The van der Waals surface area contributed by atoms with Crippen molar-refractivity contribution in [3.05, 3.63) is 40.9 Å². The number of nitrogens with zero attached hydrogens (tertiary/aromatic N) is 5. The van der Waals surface area contributed by atoms with Gasteiger partial charge in [-0.2, -0.15) is 0 Å². The Bertz CT molecular complexity index is 663. The molecule has 0 N–H and O–H groups in total. The van der Waals surface area contributed by atoms with Gasteiger partial charge in [0.1, 0.15) is 23.6 Å². The highest BCUT2D eigenvalue weighted by Crippen LogP contribution is 2.40. The lowest BCUT2D eigenvalue weighted by atomic mass is 10.2. The third kappa shape index (κ3) is 2.93. The molecule has 1 aromatic carbocycles. The summed E-state index contributed by atoms with van der Waals surface area (Å²) in [6, 6.07) is 3.84. The molecule has 1 aliphatic heterocycles. The minimum absolute atomic E-state index is 0.109. The van der Waals surface area contributed by atoms with Gasteiger partial charge in [-0.25, -0.2) is 9.07 Å². The van der Waals surface area contributed by atoms with Gasteiger partial charge >= 0.3 is 0 Å². The summed E-state index contributed by atoms with van der Waals surface area (Å²) in [6.07, 6.45) is 1.40. The van der Waals surface area contributed by atoms with Crippen LogP contribution in [-0.4, -0.2) is 43.3 Å². The van der Waals surface area contributed by atoms with E-state index in [2.05, 4.69) is 15.5 Å². The third-order valence-corrected chi connectivity index (χ3v) is 4.94. The fourth-order valence-corrected chi connectivity index (χ4v) is 3.86. The molecule has 0 saturated carbocycles. The topological polar surface area (TPSA) is 63.9 Å². The Morgan fingerprint density at radius 3 is 3.00 bits per heavy atom. The van der Waals surface area contributed by atoms with E-state index in [-0.39, 0.29) is 11.3 Å². The van der Waals surface area contributed by atoms with Gasteiger partial charge in [-0.15, -0.1) is 16.9 Å². The Hall–Kier alpha value is -1.67. The molecule has 9 heteroatoms. The molecule has 0 radical (unpaired) electrons. The minimum Gasteiger partial charge on any atom is -0.324 e. The van der Waals surface area contributed by atoms with Crippen molar-refractivity contribution in [2.45, 2.75) is 18.3 Å². The average Bonchev–Trinajstić information content (AvgIpc) is 3.15. The van der Waals surface area contributed by atoms with E-state index in [0.29, 0.717) is 17.1 Å². The summed E-state index contributed by atoms with van der Waals surface area (Å²) in [5.74, 6) is 0.269. The van der Waals surface area contributed by atoms with Crippen molar-refractivity contribution in [2.75, 3.05) is 12.3 Å². The number of benzene rings is 1. The van der Waals surface area contributed by atoms with Crippen LogP contribution in [0.5, 0.6) is 0 Å². The predicted octanol–water partition coefficient (Wildman–Crippen LogP) is 2.30. The molecule has 2 heterocycles. The van der Waals surface area contributed by atoms with Crippen LogP contribution < -0.4 is 0 Å². The minimum atomic E-state index is -0.514. The smallest absolute Gasteiger partial charge is 0.248 e. The highest BCUT2D eigenvalue weighted by atomic mass is 35.5. The first kappa shape index (κ1) is 15.2. The normalized spacial score (nSPS) is 19.4. The van der Waals surface area contributed by atoms with Crippen molar-refractivity contribution in [1.82, 2.24) is 25.1 Å². The van der Waals surface area contributed by atoms with Crippen molar-refractivity contribution in [1.29, 1.82) is 0 Å². The zero-order chi connectivity index (χ0) is 15.7. The van der Waals surface area contributed by atoms with E-state index in [1.807, 2.05) is 0 Å². The summed E-state index contributed by atoms with van der Waals surface area (Å²) >= 11 is 7.50. The Labute approximate surface area is 135 Å². The molecular weight excluding hydrogens is 329 g/mol. The molecule has 1 saturated heterocycles. The molecule has 22 heavy (non-hydrogen) atoms. The summed E-state index contributed by atoms with van der Waals surface area (Å²) in [5, 5.41) is 10.9. The second-order valence-corrected chi connectivity index (χ2v) is 6.55. The van der Waals surface area contributed by atoms with E-state index in [9.17, 15) is 9.18 Å². The summed E-state index contributed by atoms with van der Waals surface area (Å²) in [4.78, 5) is 14.4. The fourth-order valence-electron chi connectivity index (χ4n) is 2.39. The van der Waals surface area contributed by atoms with Crippen LogP contribution in [0.25, 0.3) is 0 Å². The molecule has 1 amide bonds. The highest BCUT2D eigenvalue weighted by molar-refractivity contribution is 7.99. The van der Waals surface area contributed by atoms with E-state index >= 15 is 0 Å². The van der Waals surface area contributed by atoms with Crippen molar-refractivity contribution < 1.29 is 9.18 Å². The van der Waals surface area contributed by atoms with Gasteiger partial charge in [-0.05, 0) is 41.1 Å². The lowest BCUT2D eigenvalue weighted by Gasteiger charge is -2.26. The molecule has 2 aromatic rings. The standard InChI is InChI=1S/C13H13ClFN5OS/c1-8(20-7-16-17-18-20)12(21)19-2-3-22-13(19)9-4-10(14)6-11(15)5-9/h4-8,13H,2-3H2,1H3/t8-,13?/m0/s1. The molecule has 2 atom stereocenters. The lowest BCUT2D eigenvalue weighted by molar-refractivity contribution is -0.134. The molecule has 116 valence electrons. The molecule has 3 rings (SSSR count). The van der Waals surface area contributed by atoms with Crippen LogP contribution in [0, 0.1) is 5.82 Å². The number of tetrazole rings is 1. The Balaban J connectivity index is 1.85. The molecule has 1 aliphatic rings. The predicted molar refractivity (Wildman–Crippen MR) is 80.9 cm³/mol. The van der Waals surface area contributed by atoms with Crippen LogP contribution in [-0.2, 0) is 4.79 Å². The number of thioether (sulfide) groups is 1. The van der Waals surface area contributed by atoms with Crippen LogP contribution >= 0.6 is 23.4 Å². The van der Waals surface area contributed by atoms with E-state index in [1.165, 1.54) is 23.1 Å². The van der Waals surface area contributed by atoms with Crippen molar-refractivity contribution >= 4 is 29.3 Å². The Morgan fingerprint density at radius 1 is 1.50 bits per heavy atom. The van der Waals surface area contributed by atoms with Crippen LogP contribution in [0.4, 0.5) is 4.39 Å². The van der Waals surface area contributed by atoms with Gasteiger partial charge in [0.25, 0.3) is 0 Å². The van der Waals surface area contributed by atoms with Gasteiger partial charge in [0.2, 0.25) is 5.91 Å². The molecule has 0 aliphatic carbocycles. The first-order chi connectivity index (χ1) is 10.6. The molecule has 0 spiro atoms. The van der Waals surface area contributed by atoms with Crippen molar-refractivity contribution in [3.63, 3.8) is 0 Å². The Kier molecular flexibility index (Phi) is 4.30. The highest BCUT2D eigenvalue weighted by Gasteiger charge is 2.34. The van der Waals surface area contributed by atoms with Crippen LogP contribution in [0.1, 0.15) is 23.9 Å². The first-order valence-electron chi connectivity index (χ1n) is 6.67. The molecule has 0 bridgehead atoms. The zero-order valence-electron chi connectivity index (χ0n) is 11.7. The fraction of sp³-hybridized carbons (Fsp3) is 0.385. The quantitative estimate of drug-likeness (QED) is 0.857. The van der Waals surface area contributed by atoms with E-state index in [0.717, 1.165) is 5.75 Å². The van der Waals surface area contributed by atoms with Gasteiger partial charge in [0.05, 0.1) is 0 Å². The van der Waals surface area contributed by atoms with Gasteiger partial charge in [0.15, 0.2) is 0 Å². The first-order valence-corrected chi connectivity index (χ1v) is 8.09. The molecular formula is C13H13ClFN5OS. The number of aromatic nitrogens is 4. The summed E-state index contributed by atoms with van der Waals surface area (Å²) in [6.45, 7) is 2.33. The van der Waals surface area contributed by atoms with Crippen LogP contribution in [0.3, 0.4) is 0 Å². The second-order valence-electron chi connectivity index (χ2n) is 4.92. The van der Waals surface area contributed by atoms with Crippen LogP contribution in [0.2, 0.25) is 5.02 Å². The van der Waals surface area contributed by atoms with E-state index in [4.69, 9.17) is 11.6 Å². The van der Waals surface area contributed by atoms with Gasteiger partial charge in [-0.1, -0.05) is 11.6 Å². The van der Waals surface area contributed by atoms with Gasteiger partial charge in [0, 0.05) is 17.3 Å². The maximum atomic E-state index is 13.6. The molecule has 1 aromatic heterocycles. The number of hydrogen-bond acceptors (Lipinski definition) is 5. The van der Waals surface area contributed by atoms with Gasteiger partial charge < -0.3 is 4.90 Å². The molecule has 1 fully saturated rings.